The second kappa shape index (κ2) is 13.1. The topological polar surface area (TPSA) is 108 Å². The van der Waals surface area contributed by atoms with Crippen LogP contribution in [-0.4, -0.2) is 59.9 Å². The summed E-state index contributed by atoms with van der Waals surface area (Å²) in [6, 6.07) is 20.7. The molecule has 9 nitrogen and oxygen atoms in total. The first-order valence-electron chi connectivity index (χ1n) is 13.0. The zero-order chi connectivity index (χ0) is 27.4. The van der Waals surface area contributed by atoms with Crippen LogP contribution in [0, 0.1) is 10.1 Å². The van der Waals surface area contributed by atoms with E-state index in [-0.39, 0.29) is 34.8 Å². The van der Waals surface area contributed by atoms with Crippen LogP contribution in [0.2, 0.25) is 5.02 Å². The number of amides is 2. The molecule has 2 aliphatic heterocycles. The number of carbonyl (C=O) groups excluding carboxylic acids is 2. The summed E-state index contributed by atoms with van der Waals surface area (Å²) in [5.74, 6) is -0.382. The van der Waals surface area contributed by atoms with Gasteiger partial charge in [0.2, 0.25) is 11.8 Å². The highest BCUT2D eigenvalue weighted by atomic mass is 35.5. The fraction of sp³-hybridized carbons (Fsp3) is 0.310. The lowest BCUT2D eigenvalue weighted by Crippen LogP contribution is -2.58. The van der Waals surface area contributed by atoms with E-state index in [1.54, 1.807) is 35.2 Å². The fourth-order valence-electron chi connectivity index (χ4n) is 5.24. The number of benzene rings is 3. The number of hydrogen-bond acceptors (Lipinski definition) is 6. The number of para-hydroxylation sites is 2. The van der Waals surface area contributed by atoms with E-state index in [0.717, 1.165) is 11.1 Å². The second-order valence-electron chi connectivity index (χ2n) is 9.86. The Bertz CT molecular complexity index is 1360. The SMILES string of the molecule is Cl.O=C(N[C@H](Cc1ccc(Cl)cc1)C(=O)N1CCN(c2ccccc2[N+](=O)[O-])CC1)[C@@H]1Cc2ccccc2CN1. The van der Waals surface area contributed by atoms with E-state index in [9.17, 15) is 19.7 Å². The number of nitrogens with zero attached hydrogens (tertiary/aromatic N) is 3. The van der Waals surface area contributed by atoms with Gasteiger partial charge in [-0.25, -0.2) is 0 Å². The van der Waals surface area contributed by atoms with E-state index in [2.05, 4.69) is 10.6 Å². The minimum absolute atomic E-state index is 0. The number of anilines is 1. The highest BCUT2D eigenvalue weighted by Gasteiger charge is 2.33. The van der Waals surface area contributed by atoms with E-state index in [1.165, 1.54) is 11.6 Å². The van der Waals surface area contributed by atoms with Gasteiger partial charge < -0.3 is 20.4 Å². The molecule has 40 heavy (non-hydrogen) atoms. The van der Waals surface area contributed by atoms with E-state index in [0.29, 0.717) is 56.3 Å². The highest BCUT2D eigenvalue weighted by Crippen LogP contribution is 2.28. The van der Waals surface area contributed by atoms with Crippen LogP contribution >= 0.6 is 24.0 Å². The van der Waals surface area contributed by atoms with Gasteiger partial charge in [0.05, 0.1) is 11.0 Å². The van der Waals surface area contributed by atoms with E-state index in [4.69, 9.17) is 11.6 Å². The average Bonchev–Trinajstić information content (AvgIpc) is 2.97. The third kappa shape index (κ3) is 6.72. The molecule has 0 unspecified atom stereocenters. The molecule has 11 heteroatoms. The fourth-order valence-corrected chi connectivity index (χ4v) is 5.37. The molecule has 3 aromatic rings. The van der Waals surface area contributed by atoms with Gasteiger partial charge in [0.1, 0.15) is 11.7 Å². The summed E-state index contributed by atoms with van der Waals surface area (Å²) >= 11 is 6.05. The van der Waals surface area contributed by atoms with Crippen molar-refractivity contribution in [2.45, 2.75) is 31.5 Å². The molecule has 1 fully saturated rings. The average molecular weight is 585 g/mol. The molecular weight excluding hydrogens is 553 g/mol. The Kier molecular flexibility index (Phi) is 9.63. The lowest BCUT2D eigenvalue weighted by Gasteiger charge is -2.37. The Morgan fingerprint density at radius 1 is 0.975 bits per heavy atom. The number of piperazine rings is 1. The molecule has 2 N–H and O–H groups in total. The molecule has 0 saturated carbocycles. The number of carbonyl (C=O) groups is 2. The maximum atomic E-state index is 13.7. The van der Waals surface area contributed by atoms with Gasteiger partial charge in [-0.05, 0) is 41.3 Å². The number of fused-ring (bicyclic) bond motifs is 1. The molecule has 0 aromatic heterocycles. The van der Waals surface area contributed by atoms with Crippen molar-refractivity contribution >= 4 is 47.2 Å². The van der Waals surface area contributed by atoms with Crippen molar-refractivity contribution in [3.05, 3.63) is 105 Å². The predicted molar refractivity (Wildman–Crippen MR) is 157 cm³/mol. The molecule has 0 spiro atoms. The maximum absolute atomic E-state index is 13.7. The van der Waals surface area contributed by atoms with Crippen LogP contribution in [0.15, 0.2) is 72.8 Å². The van der Waals surface area contributed by atoms with Gasteiger partial charge in [-0.3, -0.25) is 19.7 Å². The monoisotopic (exact) mass is 583 g/mol. The Morgan fingerprint density at radius 2 is 1.62 bits per heavy atom. The summed E-state index contributed by atoms with van der Waals surface area (Å²) in [5.41, 5.74) is 3.78. The zero-order valence-electron chi connectivity index (χ0n) is 21.8. The lowest BCUT2D eigenvalue weighted by molar-refractivity contribution is -0.384. The van der Waals surface area contributed by atoms with Crippen LogP contribution in [0.3, 0.4) is 0 Å². The lowest BCUT2D eigenvalue weighted by atomic mass is 9.95. The smallest absolute Gasteiger partial charge is 0.292 e. The van der Waals surface area contributed by atoms with Crippen molar-refractivity contribution in [2.24, 2.45) is 0 Å². The van der Waals surface area contributed by atoms with Crippen LogP contribution in [0.4, 0.5) is 11.4 Å². The number of rotatable bonds is 7. The van der Waals surface area contributed by atoms with Crippen LogP contribution in [0.5, 0.6) is 0 Å². The van der Waals surface area contributed by atoms with Gasteiger partial charge in [0.15, 0.2) is 0 Å². The number of nitro benzene ring substituents is 1. The maximum Gasteiger partial charge on any atom is 0.292 e. The summed E-state index contributed by atoms with van der Waals surface area (Å²) in [6.45, 7) is 2.30. The van der Waals surface area contributed by atoms with Gasteiger partial charge in [-0.15, -0.1) is 12.4 Å². The molecule has 3 aromatic carbocycles. The van der Waals surface area contributed by atoms with Gasteiger partial charge in [-0.1, -0.05) is 60.1 Å². The third-order valence-electron chi connectivity index (χ3n) is 7.38. The Balaban J connectivity index is 0.00000370. The van der Waals surface area contributed by atoms with Crippen molar-refractivity contribution in [2.75, 3.05) is 31.1 Å². The van der Waals surface area contributed by atoms with E-state index in [1.807, 2.05) is 41.3 Å². The molecule has 0 radical (unpaired) electrons. The molecule has 5 rings (SSSR count). The van der Waals surface area contributed by atoms with Crippen molar-refractivity contribution in [3.63, 3.8) is 0 Å². The Morgan fingerprint density at radius 3 is 2.33 bits per heavy atom. The van der Waals surface area contributed by atoms with E-state index >= 15 is 0 Å². The molecular formula is C29H31Cl2N5O4. The molecule has 2 atom stereocenters. The normalized spacial score (nSPS) is 17.3. The summed E-state index contributed by atoms with van der Waals surface area (Å²) in [4.78, 5) is 41.9. The summed E-state index contributed by atoms with van der Waals surface area (Å²) in [7, 11) is 0. The quantitative estimate of drug-likeness (QED) is 0.324. The summed E-state index contributed by atoms with van der Waals surface area (Å²) < 4.78 is 0. The first kappa shape index (κ1) is 29.3. The zero-order valence-corrected chi connectivity index (χ0v) is 23.4. The van der Waals surface area contributed by atoms with Gasteiger partial charge in [-0.2, -0.15) is 0 Å². The molecule has 2 heterocycles. The minimum atomic E-state index is -0.754. The largest absolute Gasteiger partial charge is 0.362 e. The van der Waals surface area contributed by atoms with Crippen molar-refractivity contribution in [1.29, 1.82) is 0 Å². The molecule has 2 amide bonds. The van der Waals surface area contributed by atoms with Crippen LogP contribution < -0.4 is 15.5 Å². The van der Waals surface area contributed by atoms with Crippen molar-refractivity contribution in [3.8, 4) is 0 Å². The number of hydrogen-bond donors (Lipinski definition) is 2. The van der Waals surface area contributed by atoms with Crippen LogP contribution in [0.25, 0.3) is 0 Å². The van der Waals surface area contributed by atoms with Crippen LogP contribution in [0.1, 0.15) is 16.7 Å². The van der Waals surface area contributed by atoms with Gasteiger partial charge in [0.25, 0.3) is 5.69 Å². The number of nitrogens with one attached hydrogen (secondary N) is 2. The van der Waals surface area contributed by atoms with E-state index < -0.39 is 12.1 Å². The minimum Gasteiger partial charge on any atom is -0.362 e. The van der Waals surface area contributed by atoms with Crippen molar-refractivity contribution in [1.82, 2.24) is 15.5 Å². The highest BCUT2D eigenvalue weighted by molar-refractivity contribution is 6.30. The standard InChI is InChI=1S/C29H30ClN5O4.ClH/c30-23-11-9-20(10-12-23)17-25(32-28(36)24-18-21-5-1-2-6-22(21)19-31-24)29(37)34-15-13-33(14-16-34)26-7-3-4-8-27(26)35(38)39;/h1-12,24-25,31H,13-19H2,(H,32,36);1H/t24-,25+;/m0./s1. The number of halogens is 2. The van der Waals surface area contributed by atoms with Gasteiger partial charge >= 0.3 is 0 Å². The van der Waals surface area contributed by atoms with Crippen molar-refractivity contribution < 1.29 is 14.5 Å². The molecule has 210 valence electrons. The Hall–Kier alpha value is -3.66. The molecule has 0 aliphatic carbocycles. The first-order chi connectivity index (χ1) is 18.9. The molecule has 2 aliphatic rings. The first-order valence-corrected chi connectivity index (χ1v) is 13.4. The summed E-state index contributed by atoms with van der Waals surface area (Å²) in [6.07, 6.45) is 0.883. The second-order valence-corrected chi connectivity index (χ2v) is 10.3. The van der Waals surface area contributed by atoms with Gasteiger partial charge in [0, 0.05) is 50.2 Å². The number of nitro groups is 1. The molecule has 1 saturated heterocycles. The summed E-state index contributed by atoms with van der Waals surface area (Å²) in [5, 5.41) is 18.4. The Labute approximate surface area is 244 Å². The molecule has 0 bridgehead atoms. The predicted octanol–water partition coefficient (Wildman–Crippen LogP) is 3.76. The van der Waals surface area contributed by atoms with Crippen LogP contribution in [-0.2, 0) is 29.0 Å². The third-order valence-corrected chi connectivity index (χ3v) is 7.63.